The molecular formula is C10H14O. The van der Waals surface area contributed by atoms with Crippen LogP contribution in [0.4, 0.5) is 0 Å². The molecule has 0 radical (unpaired) electrons. The number of ketones is 1. The molecule has 1 fully saturated rings. The molecule has 0 bridgehead atoms. The summed E-state index contributed by atoms with van der Waals surface area (Å²) in [6.07, 6.45) is 6.16. The molecule has 1 nitrogen and oxygen atoms in total. The Morgan fingerprint density at radius 1 is 1.45 bits per heavy atom. The van der Waals surface area contributed by atoms with Gasteiger partial charge in [0.25, 0.3) is 0 Å². The SMILES string of the molecule is C=CCC1CC(=O)CC1C=C. The van der Waals surface area contributed by atoms with Gasteiger partial charge in [0.1, 0.15) is 5.78 Å². The lowest BCUT2D eigenvalue weighted by Crippen LogP contribution is -2.02. The first-order valence-electron chi connectivity index (χ1n) is 4.03. The molecule has 60 valence electrons. The molecule has 0 amide bonds. The maximum absolute atomic E-state index is 11.0. The van der Waals surface area contributed by atoms with E-state index in [4.69, 9.17) is 0 Å². The molecule has 1 saturated carbocycles. The molecule has 11 heavy (non-hydrogen) atoms. The summed E-state index contributed by atoms with van der Waals surface area (Å²) in [6.45, 7) is 7.40. The monoisotopic (exact) mass is 150 g/mol. The van der Waals surface area contributed by atoms with E-state index < -0.39 is 0 Å². The summed E-state index contributed by atoms with van der Waals surface area (Å²) in [5.41, 5.74) is 0. The third kappa shape index (κ3) is 1.79. The lowest BCUT2D eigenvalue weighted by Gasteiger charge is -2.11. The summed E-state index contributed by atoms with van der Waals surface area (Å²) in [5.74, 6) is 1.26. The number of carbonyl (C=O) groups excluding carboxylic acids is 1. The van der Waals surface area contributed by atoms with Crippen LogP contribution < -0.4 is 0 Å². The Kier molecular flexibility index (Phi) is 2.64. The van der Waals surface area contributed by atoms with Crippen LogP contribution in [0.5, 0.6) is 0 Å². The van der Waals surface area contributed by atoms with Crippen LogP contribution >= 0.6 is 0 Å². The summed E-state index contributed by atoms with van der Waals surface area (Å²) >= 11 is 0. The second-order valence-electron chi connectivity index (χ2n) is 3.13. The van der Waals surface area contributed by atoms with Crippen molar-refractivity contribution in [2.24, 2.45) is 11.8 Å². The number of Topliss-reactive ketones (excluding diaryl/α,β-unsaturated/α-hetero) is 1. The highest BCUT2D eigenvalue weighted by atomic mass is 16.1. The van der Waals surface area contributed by atoms with Crippen LogP contribution in [0, 0.1) is 11.8 Å². The molecule has 0 aliphatic heterocycles. The predicted molar refractivity (Wildman–Crippen MR) is 46.2 cm³/mol. The highest BCUT2D eigenvalue weighted by Crippen LogP contribution is 2.32. The Bertz CT molecular complexity index is 181. The molecule has 1 rings (SSSR count). The maximum atomic E-state index is 11.0. The van der Waals surface area contributed by atoms with Gasteiger partial charge in [-0.1, -0.05) is 12.2 Å². The number of carbonyl (C=O) groups is 1. The van der Waals surface area contributed by atoms with Crippen molar-refractivity contribution in [3.05, 3.63) is 25.3 Å². The maximum Gasteiger partial charge on any atom is 0.133 e. The molecular weight excluding hydrogens is 136 g/mol. The second kappa shape index (κ2) is 3.51. The molecule has 2 unspecified atom stereocenters. The molecule has 0 saturated heterocycles. The summed E-state index contributed by atoms with van der Waals surface area (Å²) in [6, 6.07) is 0. The minimum Gasteiger partial charge on any atom is -0.300 e. The molecule has 2 atom stereocenters. The van der Waals surface area contributed by atoms with Gasteiger partial charge in [-0.15, -0.1) is 13.2 Å². The van der Waals surface area contributed by atoms with Gasteiger partial charge in [-0.05, 0) is 18.3 Å². The highest BCUT2D eigenvalue weighted by Gasteiger charge is 2.29. The van der Waals surface area contributed by atoms with Gasteiger partial charge < -0.3 is 0 Å². The molecule has 1 aliphatic carbocycles. The average Bonchev–Trinajstić information content (AvgIpc) is 2.32. The molecule has 0 aromatic heterocycles. The van der Waals surface area contributed by atoms with Gasteiger partial charge in [0.05, 0.1) is 0 Å². The number of hydrogen-bond acceptors (Lipinski definition) is 1. The molecule has 0 aromatic rings. The van der Waals surface area contributed by atoms with Gasteiger partial charge in [-0.2, -0.15) is 0 Å². The first-order valence-corrected chi connectivity index (χ1v) is 4.03. The summed E-state index contributed by atoms with van der Waals surface area (Å²) in [7, 11) is 0. The summed E-state index contributed by atoms with van der Waals surface area (Å²) in [5, 5.41) is 0. The zero-order chi connectivity index (χ0) is 8.27. The Morgan fingerprint density at radius 2 is 2.18 bits per heavy atom. The van der Waals surface area contributed by atoms with Gasteiger partial charge in [-0.25, -0.2) is 0 Å². The molecule has 0 aromatic carbocycles. The summed E-state index contributed by atoms with van der Waals surface area (Å²) < 4.78 is 0. The predicted octanol–water partition coefficient (Wildman–Crippen LogP) is 2.34. The third-order valence-corrected chi connectivity index (χ3v) is 2.33. The van der Waals surface area contributed by atoms with Crippen molar-refractivity contribution in [2.45, 2.75) is 19.3 Å². The number of allylic oxidation sites excluding steroid dienone is 2. The Balaban J connectivity index is 2.56. The number of rotatable bonds is 3. The Morgan fingerprint density at radius 3 is 2.73 bits per heavy atom. The quantitative estimate of drug-likeness (QED) is 0.564. The van der Waals surface area contributed by atoms with Crippen molar-refractivity contribution >= 4 is 5.78 Å². The van der Waals surface area contributed by atoms with Crippen LogP contribution in [0.25, 0.3) is 0 Å². The second-order valence-corrected chi connectivity index (χ2v) is 3.13. The molecule has 1 aliphatic rings. The Labute approximate surface area is 67.8 Å². The van der Waals surface area contributed by atoms with E-state index in [-0.39, 0.29) is 0 Å². The fourth-order valence-corrected chi connectivity index (χ4v) is 1.70. The summed E-state index contributed by atoms with van der Waals surface area (Å²) in [4.78, 5) is 11.0. The molecule has 0 spiro atoms. The fraction of sp³-hybridized carbons (Fsp3) is 0.500. The smallest absolute Gasteiger partial charge is 0.133 e. The Hall–Kier alpha value is -0.850. The van der Waals surface area contributed by atoms with Crippen molar-refractivity contribution in [3.63, 3.8) is 0 Å². The van der Waals surface area contributed by atoms with Gasteiger partial charge in [0.15, 0.2) is 0 Å². The van der Waals surface area contributed by atoms with Crippen LogP contribution in [-0.4, -0.2) is 5.78 Å². The van der Waals surface area contributed by atoms with Crippen LogP contribution in [0.15, 0.2) is 25.3 Å². The zero-order valence-corrected chi connectivity index (χ0v) is 6.75. The topological polar surface area (TPSA) is 17.1 Å². The van der Waals surface area contributed by atoms with Crippen LogP contribution in [0.1, 0.15) is 19.3 Å². The van der Waals surface area contributed by atoms with Crippen LogP contribution in [-0.2, 0) is 4.79 Å². The van der Waals surface area contributed by atoms with Crippen molar-refractivity contribution in [2.75, 3.05) is 0 Å². The normalized spacial score (nSPS) is 30.4. The molecule has 0 heterocycles. The fourth-order valence-electron chi connectivity index (χ4n) is 1.70. The minimum atomic E-state index is 0.377. The molecule has 1 heteroatoms. The largest absolute Gasteiger partial charge is 0.300 e. The highest BCUT2D eigenvalue weighted by molar-refractivity contribution is 5.81. The van der Waals surface area contributed by atoms with E-state index in [1.165, 1.54) is 0 Å². The average molecular weight is 150 g/mol. The standard InChI is InChI=1S/C10H14O/c1-3-5-9-7-10(11)6-8(9)4-2/h3-4,8-9H,1-2,5-7H2. The van der Waals surface area contributed by atoms with Gasteiger partial charge in [-0.3, -0.25) is 4.79 Å². The van der Waals surface area contributed by atoms with Gasteiger partial charge in [0.2, 0.25) is 0 Å². The zero-order valence-electron chi connectivity index (χ0n) is 6.75. The van der Waals surface area contributed by atoms with E-state index in [1.54, 1.807) is 0 Å². The van der Waals surface area contributed by atoms with E-state index in [0.717, 1.165) is 12.8 Å². The van der Waals surface area contributed by atoms with Crippen LogP contribution in [0.2, 0.25) is 0 Å². The van der Waals surface area contributed by atoms with Crippen molar-refractivity contribution in [3.8, 4) is 0 Å². The minimum absolute atomic E-state index is 0.377. The van der Waals surface area contributed by atoms with Crippen molar-refractivity contribution < 1.29 is 4.79 Å². The third-order valence-electron chi connectivity index (χ3n) is 2.33. The first kappa shape index (κ1) is 8.25. The van der Waals surface area contributed by atoms with E-state index in [2.05, 4.69) is 13.2 Å². The van der Waals surface area contributed by atoms with Gasteiger partial charge in [0, 0.05) is 12.8 Å². The van der Waals surface area contributed by atoms with E-state index >= 15 is 0 Å². The first-order chi connectivity index (χ1) is 5.27. The number of hydrogen-bond donors (Lipinski definition) is 0. The van der Waals surface area contributed by atoms with E-state index in [0.29, 0.717) is 24.0 Å². The van der Waals surface area contributed by atoms with Crippen molar-refractivity contribution in [1.82, 2.24) is 0 Å². The lowest BCUT2D eigenvalue weighted by atomic mass is 9.93. The van der Waals surface area contributed by atoms with E-state index in [9.17, 15) is 4.79 Å². The van der Waals surface area contributed by atoms with Gasteiger partial charge >= 0.3 is 0 Å². The van der Waals surface area contributed by atoms with Crippen molar-refractivity contribution in [1.29, 1.82) is 0 Å². The molecule has 0 N–H and O–H groups in total. The lowest BCUT2D eigenvalue weighted by molar-refractivity contribution is -0.117. The van der Waals surface area contributed by atoms with Crippen LogP contribution in [0.3, 0.4) is 0 Å². The van der Waals surface area contributed by atoms with E-state index in [1.807, 2.05) is 12.2 Å².